The Bertz CT molecular complexity index is 325. The normalized spacial score (nSPS) is 28.2. The van der Waals surface area contributed by atoms with Crippen LogP contribution in [0, 0.1) is 5.92 Å². The van der Waals surface area contributed by atoms with E-state index in [4.69, 9.17) is 5.73 Å². The van der Waals surface area contributed by atoms with Crippen LogP contribution < -0.4 is 5.73 Å². The molecule has 17 heavy (non-hydrogen) atoms. The fraction of sp³-hybridized carbons (Fsp3) is 0.769. The van der Waals surface area contributed by atoms with Gasteiger partial charge in [-0.15, -0.1) is 11.3 Å². The predicted octanol–water partition coefficient (Wildman–Crippen LogP) is 2.65. The van der Waals surface area contributed by atoms with Crippen LogP contribution in [0.2, 0.25) is 0 Å². The second-order valence-electron chi connectivity index (χ2n) is 4.97. The van der Waals surface area contributed by atoms with Gasteiger partial charge in [0.1, 0.15) is 5.01 Å². The molecule has 3 unspecified atom stereocenters. The summed E-state index contributed by atoms with van der Waals surface area (Å²) in [7, 11) is 0. The second kappa shape index (κ2) is 5.94. The van der Waals surface area contributed by atoms with Crippen LogP contribution in [0.4, 0.5) is 0 Å². The highest BCUT2D eigenvalue weighted by atomic mass is 32.1. The van der Waals surface area contributed by atoms with Gasteiger partial charge in [-0.05, 0) is 32.2 Å². The number of thiazole rings is 1. The minimum absolute atomic E-state index is 0.418. The largest absolute Gasteiger partial charge is 0.329 e. The van der Waals surface area contributed by atoms with Gasteiger partial charge in [-0.3, -0.25) is 4.90 Å². The van der Waals surface area contributed by atoms with Gasteiger partial charge in [-0.2, -0.15) is 0 Å². The molecule has 1 aromatic heterocycles. The van der Waals surface area contributed by atoms with E-state index in [-0.39, 0.29) is 0 Å². The highest BCUT2D eigenvalue weighted by Crippen LogP contribution is 2.32. The summed E-state index contributed by atoms with van der Waals surface area (Å²) in [6.45, 7) is 6.49. The van der Waals surface area contributed by atoms with E-state index in [1.54, 1.807) is 11.3 Å². The van der Waals surface area contributed by atoms with Crippen LogP contribution >= 0.6 is 11.3 Å². The van der Waals surface area contributed by atoms with Crippen molar-refractivity contribution in [3.8, 4) is 0 Å². The molecule has 1 aliphatic heterocycles. The van der Waals surface area contributed by atoms with Gasteiger partial charge in [-0.25, -0.2) is 4.98 Å². The van der Waals surface area contributed by atoms with Crippen LogP contribution in [0.25, 0.3) is 0 Å². The van der Waals surface area contributed by atoms with Crippen molar-refractivity contribution in [2.75, 3.05) is 13.1 Å². The number of aromatic nitrogens is 1. The zero-order chi connectivity index (χ0) is 12.3. The summed E-state index contributed by atoms with van der Waals surface area (Å²) in [5.41, 5.74) is 5.94. The summed E-state index contributed by atoms with van der Waals surface area (Å²) in [5, 5.41) is 3.28. The molecule has 0 bridgehead atoms. The average molecular weight is 253 g/mol. The molecule has 4 heteroatoms. The Morgan fingerprint density at radius 3 is 3.06 bits per heavy atom. The number of nitrogens with zero attached hydrogens (tertiary/aromatic N) is 2. The Balaban J connectivity index is 2.04. The van der Waals surface area contributed by atoms with Crippen molar-refractivity contribution in [3.05, 3.63) is 16.6 Å². The van der Waals surface area contributed by atoms with E-state index in [1.807, 2.05) is 6.20 Å². The zero-order valence-electron chi connectivity index (χ0n) is 10.8. The van der Waals surface area contributed by atoms with E-state index in [2.05, 4.69) is 29.1 Å². The highest BCUT2D eigenvalue weighted by molar-refractivity contribution is 7.09. The lowest BCUT2D eigenvalue weighted by Gasteiger charge is -2.41. The first kappa shape index (κ1) is 13.0. The molecule has 2 N–H and O–H groups in total. The molecule has 3 nitrogen and oxygen atoms in total. The smallest absolute Gasteiger partial charge is 0.109 e. The molecule has 0 aliphatic carbocycles. The molecule has 2 heterocycles. The Labute approximate surface area is 108 Å². The van der Waals surface area contributed by atoms with Gasteiger partial charge >= 0.3 is 0 Å². The summed E-state index contributed by atoms with van der Waals surface area (Å²) in [5.74, 6) is 0.864. The average Bonchev–Trinajstić information content (AvgIpc) is 2.91. The van der Waals surface area contributed by atoms with Gasteiger partial charge in [0.2, 0.25) is 0 Å². The SMILES string of the molecule is CCC1CCN(C(C)c2nccs2)C(CN)C1. The number of rotatable bonds is 4. The van der Waals surface area contributed by atoms with E-state index in [1.165, 1.54) is 30.8 Å². The molecular formula is C13H23N3S. The molecule has 0 aromatic carbocycles. The van der Waals surface area contributed by atoms with Gasteiger partial charge in [0.15, 0.2) is 0 Å². The van der Waals surface area contributed by atoms with Crippen molar-refractivity contribution < 1.29 is 0 Å². The van der Waals surface area contributed by atoms with E-state index in [0.717, 1.165) is 12.5 Å². The van der Waals surface area contributed by atoms with Crippen molar-refractivity contribution in [2.24, 2.45) is 11.7 Å². The van der Waals surface area contributed by atoms with Gasteiger partial charge in [0.25, 0.3) is 0 Å². The van der Waals surface area contributed by atoms with Crippen molar-refractivity contribution in [1.82, 2.24) is 9.88 Å². The predicted molar refractivity (Wildman–Crippen MR) is 73.1 cm³/mol. The third-order valence-corrected chi connectivity index (χ3v) is 4.97. The van der Waals surface area contributed by atoms with Gasteiger partial charge in [0, 0.05) is 24.2 Å². The van der Waals surface area contributed by atoms with Crippen molar-refractivity contribution in [2.45, 2.75) is 45.2 Å². The van der Waals surface area contributed by atoms with Crippen molar-refractivity contribution >= 4 is 11.3 Å². The molecule has 2 rings (SSSR count). The lowest BCUT2D eigenvalue weighted by atomic mass is 9.88. The lowest BCUT2D eigenvalue weighted by Crippen LogP contribution is -2.47. The summed E-state index contributed by atoms with van der Waals surface area (Å²) in [4.78, 5) is 6.98. The van der Waals surface area contributed by atoms with Gasteiger partial charge in [-0.1, -0.05) is 13.3 Å². The van der Waals surface area contributed by atoms with Crippen LogP contribution in [-0.4, -0.2) is 29.0 Å². The summed E-state index contributed by atoms with van der Waals surface area (Å²) in [6, 6.07) is 0.953. The van der Waals surface area contributed by atoms with Gasteiger partial charge < -0.3 is 5.73 Å². The standard InChI is InChI=1S/C13H23N3S/c1-3-11-4-6-16(12(8-11)9-14)10(2)13-15-5-7-17-13/h5,7,10-12H,3-4,6,8-9,14H2,1-2H3. The summed E-state index contributed by atoms with van der Waals surface area (Å²) < 4.78 is 0. The molecule has 1 fully saturated rings. The highest BCUT2D eigenvalue weighted by Gasteiger charge is 2.31. The first-order chi connectivity index (χ1) is 8.26. The summed E-state index contributed by atoms with van der Waals surface area (Å²) >= 11 is 1.75. The second-order valence-corrected chi connectivity index (χ2v) is 5.90. The molecule has 0 radical (unpaired) electrons. The first-order valence-electron chi connectivity index (χ1n) is 6.61. The fourth-order valence-corrected chi connectivity index (χ4v) is 3.56. The van der Waals surface area contributed by atoms with Crippen LogP contribution in [0.3, 0.4) is 0 Å². The molecule has 1 saturated heterocycles. The van der Waals surface area contributed by atoms with E-state index in [9.17, 15) is 0 Å². The molecule has 0 amide bonds. The van der Waals surface area contributed by atoms with Crippen molar-refractivity contribution in [1.29, 1.82) is 0 Å². The maximum atomic E-state index is 5.94. The van der Waals surface area contributed by atoms with E-state index in [0.29, 0.717) is 12.1 Å². The van der Waals surface area contributed by atoms with Crippen molar-refractivity contribution in [3.63, 3.8) is 0 Å². The van der Waals surface area contributed by atoms with E-state index >= 15 is 0 Å². The molecule has 96 valence electrons. The Morgan fingerprint density at radius 1 is 1.65 bits per heavy atom. The minimum atomic E-state index is 0.418. The molecule has 1 aromatic rings. The number of nitrogens with two attached hydrogens (primary N) is 1. The Morgan fingerprint density at radius 2 is 2.47 bits per heavy atom. The summed E-state index contributed by atoms with van der Waals surface area (Å²) in [6.07, 6.45) is 5.74. The van der Waals surface area contributed by atoms with Crippen LogP contribution in [0.5, 0.6) is 0 Å². The number of piperidine rings is 1. The third kappa shape index (κ3) is 2.87. The number of hydrogen-bond acceptors (Lipinski definition) is 4. The number of hydrogen-bond donors (Lipinski definition) is 1. The monoisotopic (exact) mass is 253 g/mol. The van der Waals surface area contributed by atoms with Crippen LogP contribution in [0.1, 0.15) is 44.2 Å². The van der Waals surface area contributed by atoms with Gasteiger partial charge in [0.05, 0.1) is 6.04 Å². The van der Waals surface area contributed by atoms with E-state index < -0.39 is 0 Å². The molecule has 0 saturated carbocycles. The minimum Gasteiger partial charge on any atom is -0.329 e. The maximum absolute atomic E-state index is 5.94. The molecule has 0 spiro atoms. The fourth-order valence-electron chi connectivity index (χ4n) is 2.85. The lowest BCUT2D eigenvalue weighted by molar-refractivity contribution is 0.0771. The van der Waals surface area contributed by atoms with Crippen LogP contribution in [-0.2, 0) is 0 Å². The molecule has 3 atom stereocenters. The maximum Gasteiger partial charge on any atom is 0.109 e. The Kier molecular flexibility index (Phi) is 4.54. The molecular weight excluding hydrogens is 230 g/mol. The first-order valence-corrected chi connectivity index (χ1v) is 7.49. The molecule has 1 aliphatic rings. The third-order valence-electron chi connectivity index (χ3n) is 4.03. The zero-order valence-corrected chi connectivity index (χ0v) is 11.6. The number of likely N-dealkylation sites (tertiary alicyclic amines) is 1. The Hall–Kier alpha value is -0.450. The topological polar surface area (TPSA) is 42.2 Å². The quantitative estimate of drug-likeness (QED) is 0.897. The van der Waals surface area contributed by atoms with Crippen LogP contribution in [0.15, 0.2) is 11.6 Å².